The first-order valence-electron chi connectivity index (χ1n) is 6.64. The highest BCUT2D eigenvalue weighted by molar-refractivity contribution is 7.86. The molecule has 1 fully saturated rings. The van der Waals surface area contributed by atoms with Crippen molar-refractivity contribution in [1.82, 2.24) is 0 Å². The molecule has 1 aliphatic rings. The summed E-state index contributed by atoms with van der Waals surface area (Å²) in [6.45, 7) is -0.578. The van der Waals surface area contributed by atoms with Crippen LogP contribution in [0.2, 0.25) is 5.02 Å². The van der Waals surface area contributed by atoms with Crippen molar-refractivity contribution in [2.45, 2.75) is 35.6 Å². The molecule has 0 aliphatic carbocycles. The monoisotopic (exact) mass is 368 g/mol. The zero-order valence-corrected chi connectivity index (χ0v) is 13.6. The fourth-order valence-corrected chi connectivity index (χ4v) is 3.55. The lowest BCUT2D eigenvalue weighted by Gasteiger charge is -2.40. The summed E-state index contributed by atoms with van der Waals surface area (Å²) in [5.41, 5.74) is 0. The topological polar surface area (TPSA) is 123 Å². The van der Waals surface area contributed by atoms with Gasteiger partial charge >= 0.3 is 0 Å². The predicted molar refractivity (Wildman–Crippen MR) is 78.3 cm³/mol. The van der Waals surface area contributed by atoms with E-state index in [0.717, 1.165) is 0 Å². The summed E-state index contributed by atoms with van der Waals surface area (Å²) in [5, 5.41) is 29.2. The third-order valence-electron chi connectivity index (χ3n) is 3.38. The molecule has 10 heteroatoms. The van der Waals surface area contributed by atoms with Gasteiger partial charge in [0, 0.05) is 12.1 Å². The van der Waals surface area contributed by atoms with Crippen LogP contribution in [0.15, 0.2) is 29.2 Å². The molecule has 1 aliphatic heterocycles. The summed E-state index contributed by atoms with van der Waals surface area (Å²) in [7, 11) is -3.07. The molecule has 3 N–H and O–H groups in total. The number of aliphatic hydroxyl groups is 3. The first-order valence-corrected chi connectivity index (χ1v) is 8.43. The van der Waals surface area contributed by atoms with Gasteiger partial charge in [0.2, 0.25) is 0 Å². The van der Waals surface area contributed by atoms with E-state index in [1.165, 1.54) is 31.4 Å². The van der Waals surface area contributed by atoms with Crippen LogP contribution in [0.1, 0.15) is 0 Å². The van der Waals surface area contributed by atoms with Gasteiger partial charge < -0.3 is 24.8 Å². The van der Waals surface area contributed by atoms with Crippen LogP contribution >= 0.6 is 11.6 Å². The Hall–Kier alpha value is -0.780. The van der Waals surface area contributed by atoms with E-state index in [0.29, 0.717) is 0 Å². The minimum absolute atomic E-state index is 0.193. The van der Waals surface area contributed by atoms with Crippen LogP contribution in [-0.2, 0) is 23.8 Å². The molecule has 0 saturated carbocycles. The van der Waals surface area contributed by atoms with E-state index in [1.807, 2.05) is 0 Å². The summed E-state index contributed by atoms with van der Waals surface area (Å²) in [6, 6.07) is 5.37. The average Bonchev–Trinajstić information content (AvgIpc) is 2.52. The number of aliphatic hydroxyl groups excluding tert-OH is 3. The molecule has 5 atom stereocenters. The third-order valence-corrected chi connectivity index (χ3v) is 4.92. The highest BCUT2D eigenvalue weighted by Crippen LogP contribution is 2.27. The van der Waals surface area contributed by atoms with Gasteiger partial charge in [0.05, 0.1) is 11.5 Å². The van der Waals surface area contributed by atoms with Gasteiger partial charge in [-0.05, 0) is 18.2 Å². The highest BCUT2D eigenvalue weighted by atomic mass is 35.5. The van der Waals surface area contributed by atoms with E-state index >= 15 is 0 Å². The zero-order chi connectivity index (χ0) is 17.2. The van der Waals surface area contributed by atoms with E-state index in [9.17, 15) is 18.6 Å². The van der Waals surface area contributed by atoms with Crippen LogP contribution in [-0.4, -0.2) is 68.2 Å². The largest absolute Gasteiger partial charge is 0.394 e. The quantitative estimate of drug-likeness (QED) is 0.594. The average molecular weight is 369 g/mol. The Morgan fingerprint density at radius 1 is 1.30 bits per heavy atom. The van der Waals surface area contributed by atoms with Crippen molar-refractivity contribution in [3.05, 3.63) is 29.3 Å². The predicted octanol–water partition coefficient (Wildman–Crippen LogP) is -0.501. The van der Waals surface area contributed by atoms with E-state index in [2.05, 4.69) is 0 Å². The standard InChI is InChI=1S/C13H17ClO8S/c1-20-13-12(11(17)10(16)9(6-15)21-13)22-23(18,19)8-4-2-3-7(14)5-8/h2-5,9-13,15-17H,6H2,1H3/t9-,10-,11+,12-,13+/m1/s1. The minimum Gasteiger partial charge on any atom is -0.394 e. The van der Waals surface area contributed by atoms with Gasteiger partial charge in [0.25, 0.3) is 10.1 Å². The van der Waals surface area contributed by atoms with Crippen molar-refractivity contribution in [2.75, 3.05) is 13.7 Å². The van der Waals surface area contributed by atoms with Crippen LogP contribution in [0.25, 0.3) is 0 Å². The second kappa shape index (κ2) is 7.41. The van der Waals surface area contributed by atoms with Crippen LogP contribution < -0.4 is 0 Å². The molecule has 1 aromatic rings. The number of halogens is 1. The molecule has 1 heterocycles. The normalized spacial score (nSPS) is 32.0. The molecule has 1 aromatic carbocycles. The first-order chi connectivity index (χ1) is 10.8. The van der Waals surface area contributed by atoms with E-state index in [4.69, 9.17) is 30.4 Å². The maximum Gasteiger partial charge on any atom is 0.297 e. The Morgan fingerprint density at radius 2 is 2.00 bits per heavy atom. The zero-order valence-electron chi connectivity index (χ0n) is 12.1. The lowest BCUT2D eigenvalue weighted by Crippen LogP contribution is -2.60. The Balaban J connectivity index is 2.26. The SMILES string of the molecule is CO[C@H]1O[C@H](CO)[C@@H](O)[C@H](O)[C@H]1OS(=O)(=O)c1cccc(Cl)c1. The number of ether oxygens (including phenoxy) is 2. The molecule has 0 amide bonds. The summed E-state index contributed by atoms with van der Waals surface area (Å²) in [6.07, 6.45) is -7.10. The van der Waals surface area contributed by atoms with Crippen molar-refractivity contribution in [3.8, 4) is 0 Å². The summed E-state index contributed by atoms with van der Waals surface area (Å²) in [4.78, 5) is -0.217. The number of hydrogen-bond acceptors (Lipinski definition) is 8. The molecule has 2 rings (SSSR count). The minimum atomic E-state index is -4.28. The molecule has 1 saturated heterocycles. The van der Waals surface area contributed by atoms with Crippen molar-refractivity contribution < 1.29 is 37.4 Å². The van der Waals surface area contributed by atoms with Crippen molar-refractivity contribution in [2.24, 2.45) is 0 Å². The molecule has 0 aromatic heterocycles. The van der Waals surface area contributed by atoms with Crippen LogP contribution in [0.3, 0.4) is 0 Å². The number of hydrogen-bond donors (Lipinski definition) is 3. The maximum atomic E-state index is 12.3. The van der Waals surface area contributed by atoms with E-state index < -0.39 is 47.4 Å². The van der Waals surface area contributed by atoms with E-state index in [1.54, 1.807) is 0 Å². The van der Waals surface area contributed by atoms with Crippen molar-refractivity contribution in [3.63, 3.8) is 0 Å². The molecule has 8 nitrogen and oxygen atoms in total. The van der Waals surface area contributed by atoms with Crippen molar-refractivity contribution in [1.29, 1.82) is 0 Å². The van der Waals surface area contributed by atoms with Gasteiger partial charge in [-0.2, -0.15) is 8.42 Å². The number of methoxy groups -OCH3 is 1. The molecule has 0 bridgehead atoms. The fourth-order valence-electron chi connectivity index (χ4n) is 2.17. The number of rotatable bonds is 5. The van der Waals surface area contributed by atoms with Gasteiger partial charge in [-0.1, -0.05) is 17.7 Å². The maximum absolute atomic E-state index is 12.3. The first kappa shape index (κ1) is 18.6. The van der Waals surface area contributed by atoms with Gasteiger partial charge in [-0.25, -0.2) is 0 Å². The second-order valence-corrected chi connectivity index (χ2v) is 6.92. The molecule has 23 heavy (non-hydrogen) atoms. The molecule has 0 radical (unpaired) electrons. The summed E-state index contributed by atoms with van der Waals surface area (Å²) >= 11 is 5.75. The third kappa shape index (κ3) is 4.01. The van der Waals surface area contributed by atoms with Crippen LogP contribution in [0, 0.1) is 0 Å². The van der Waals surface area contributed by atoms with Crippen molar-refractivity contribution >= 4 is 21.7 Å². The van der Waals surface area contributed by atoms with Gasteiger partial charge in [0.1, 0.15) is 18.3 Å². The summed E-state index contributed by atoms with van der Waals surface area (Å²) < 4.78 is 39.7. The molecular weight excluding hydrogens is 352 g/mol. The van der Waals surface area contributed by atoms with Gasteiger partial charge in [0.15, 0.2) is 12.4 Å². The molecule has 130 valence electrons. The van der Waals surface area contributed by atoms with Gasteiger partial charge in [-0.15, -0.1) is 0 Å². The van der Waals surface area contributed by atoms with Gasteiger partial charge in [-0.3, -0.25) is 4.18 Å². The molecule has 0 unspecified atom stereocenters. The lowest BCUT2D eigenvalue weighted by molar-refractivity contribution is -0.288. The Kier molecular flexibility index (Phi) is 5.98. The summed E-state index contributed by atoms with van der Waals surface area (Å²) in [5.74, 6) is 0. The van der Waals surface area contributed by atoms with Crippen LogP contribution in [0.5, 0.6) is 0 Å². The number of benzene rings is 1. The Labute approximate surface area is 138 Å². The molecular formula is C13H17ClO8S. The highest BCUT2D eigenvalue weighted by Gasteiger charge is 2.47. The Bertz CT molecular complexity index is 635. The second-order valence-electron chi connectivity index (χ2n) is 4.91. The smallest absolute Gasteiger partial charge is 0.297 e. The fraction of sp³-hybridized carbons (Fsp3) is 0.538. The Morgan fingerprint density at radius 3 is 2.57 bits per heavy atom. The molecule has 0 spiro atoms. The van der Waals surface area contributed by atoms with E-state index in [-0.39, 0.29) is 9.92 Å². The lowest BCUT2D eigenvalue weighted by atomic mass is 9.99. The van der Waals surface area contributed by atoms with Crippen LogP contribution in [0.4, 0.5) is 0 Å².